The lowest BCUT2D eigenvalue weighted by Gasteiger charge is -2.25. The second-order valence-corrected chi connectivity index (χ2v) is 15.0. The SMILES string of the molecule is CCCSCCNC(=O)CNc1cccc(C(=O)N(C=O)C(CCC=O)C(=O)NC)c1C.COc1cc(C)cc(C#Cc2nn(C)c3ncnc(N)c23)c1.O=CN1CCCC1. The minimum absolute atomic E-state index is 0.0291. The standard InChI is InChI=1S/C22H32N4O5S.C16H15N5O.C5H9NO/c1-4-12-32-13-10-24-20(29)14-25-18-8-5-7-17(16(18)2)22(31)26(15-28)19(9-6-11-27)21(30)23-3;1-10-6-11(8-12(7-10)22-3)4-5-13-14-15(17)18-9-19-16(14)21(2)20-13;7-5-6-3-1-2-4-6/h5,7-8,11,15,19,25H,4,6,9-10,12-14H2,1-3H3,(H,23,30)(H,24,29);6-9H,1-3H3,(H2,17,18,19);5H,1-4H2. The Kier molecular flexibility index (Phi) is 20.7. The van der Waals surface area contributed by atoms with Crippen molar-refractivity contribution in [1.29, 1.82) is 0 Å². The van der Waals surface area contributed by atoms with Crippen molar-refractivity contribution in [3.05, 3.63) is 70.7 Å². The Balaban J connectivity index is 0.000000291. The molecule has 1 atom stereocenters. The van der Waals surface area contributed by atoms with Crippen molar-refractivity contribution in [2.75, 3.05) is 62.9 Å². The highest BCUT2D eigenvalue weighted by Gasteiger charge is 2.30. The van der Waals surface area contributed by atoms with E-state index in [-0.39, 0.29) is 30.9 Å². The first-order chi connectivity index (χ1) is 29.4. The predicted octanol–water partition coefficient (Wildman–Crippen LogP) is 3.26. The summed E-state index contributed by atoms with van der Waals surface area (Å²) in [4.78, 5) is 80.5. The molecule has 18 heteroatoms. The van der Waals surface area contributed by atoms with Crippen molar-refractivity contribution in [2.45, 2.75) is 58.9 Å². The van der Waals surface area contributed by atoms with Crippen LogP contribution in [0.4, 0.5) is 11.5 Å². The van der Waals surface area contributed by atoms with E-state index in [1.54, 1.807) is 60.6 Å². The van der Waals surface area contributed by atoms with Gasteiger partial charge in [-0.2, -0.15) is 16.9 Å². The number of nitrogens with two attached hydrogens (primary N) is 1. The van der Waals surface area contributed by atoms with Gasteiger partial charge in [-0.1, -0.05) is 18.9 Å². The number of aryl methyl sites for hydroxylation is 2. The molecule has 326 valence electrons. The Hall–Kier alpha value is -6.48. The lowest BCUT2D eigenvalue weighted by Crippen LogP contribution is -2.48. The third-order valence-electron chi connectivity index (χ3n) is 9.26. The fourth-order valence-corrected chi connectivity index (χ4v) is 6.85. The Morgan fingerprint density at radius 1 is 1.07 bits per heavy atom. The van der Waals surface area contributed by atoms with E-state index in [1.807, 2.05) is 25.1 Å². The number of amides is 5. The van der Waals surface area contributed by atoms with E-state index in [2.05, 4.69) is 49.8 Å². The Morgan fingerprint density at radius 3 is 2.46 bits per heavy atom. The number of carbonyl (C=O) groups excluding carboxylic acids is 6. The fourth-order valence-electron chi connectivity index (χ4n) is 6.11. The Morgan fingerprint density at radius 2 is 1.82 bits per heavy atom. The zero-order valence-corrected chi connectivity index (χ0v) is 36.5. The zero-order chi connectivity index (χ0) is 44.7. The summed E-state index contributed by atoms with van der Waals surface area (Å²) in [6, 6.07) is 9.63. The molecule has 0 bridgehead atoms. The molecule has 5 amide bonds. The summed E-state index contributed by atoms with van der Waals surface area (Å²) in [5.74, 6) is 7.84. The van der Waals surface area contributed by atoms with E-state index in [0.29, 0.717) is 53.0 Å². The van der Waals surface area contributed by atoms with E-state index in [0.717, 1.165) is 59.2 Å². The molecule has 0 radical (unpaired) electrons. The number of benzene rings is 2. The largest absolute Gasteiger partial charge is 0.497 e. The molecular formula is C43H56N10O7S. The molecule has 1 unspecified atom stereocenters. The number of aldehydes is 1. The molecule has 61 heavy (non-hydrogen) atoms. The van der Waals surface area contributed by atoms with Gasteiger partial charge >= 0.3 is 0 Å². The second-order valence-electron chi connectivity index (χ2n) is 13.8. The molecule has 1 aliphatic heterocycles. The van der Waals surface area contributed by atoms with Crippen LogP contribution >= 0.6 is 11.8 Å². The van der Waals surface area contributed by atoms with Gasteiger partial charge in [0.2, 0.25) is 24.6 Å². The molecule has 0 aliphatic carbocycles. The molecule has 0 spiro atoms. The molecule has 5 rings (SSSR count). The first-order valence-corrected chi connectivity index (χ1v) is 21.0. The van der Waals surface area contributed by atoms with Crippen LogP contribution in [-0.2, 0) is 31.0 Å². The van der Waals surface area contributed by atoms with Gasteiger partial charge in [-0.15, -0.1) is 0 Å². The highest BCUT2D eigenvalue weighted by atomic mass is 32.2. The van der Waals surface area contributed by atoms with Gasteiger partial charge in [0.15, 0.2) is 5.65 Å². The number of nitrogen functional groups attached to an aromatic ring is 1. The maximum absolute atomic E-state index is 13.1. The molecule has 1 saturated heterocycles. The lowest BCUT2D eigenvalue weighted by molar-refractivity contribution is -0.131. The average molecular weight is 857 g/mol. The van der Waals surface area contributed by atoms with Crippen LogP contribution in [0.25, 0.3) is 11.0 Å². The highest BCUT2D eigenvalue weighted by molar-refractivity contribution is 7.99. The van der Waals surface area contributed by atoms with E-state index < -0.39 is 17.9 Å². The number of aromatic nitrogens is 4. The minimum Gasteiger partial charge on any atom is -0.497 e. The number of likely N-dealkylation sites (N-methyl/N-ethyl adjacent to an activating group) is 1. The molecule has 0 saturated carbocycles. The van der Waals surface area contributed by atoms with Gasteiger partial charge in [-0.3, -0.25) is 28.9 Å². The zero-order valence-electron chi connectivity index (χ0n) is 35.7. The topological polar surface area (TPSA) is 224 Å². The van der Waals surface area contributed by atoms with Crippen LogP contribution in [0.15, 0.2) is 42.7 Å². The smallest absolute Gasteiger partial charge is 0.261 e. The van der Waals surface area contributed by atoms with Crippen LogP contribution in [0.1, 0.15) is 71.8 Å². The number of hydrogen-bond acceptors (Lipinski definition) is 13. The number of thioether (sulfide) groups is 1. The van der Waals surface area contributed by atoms with Gasteiger partial charge < -0.3 is 36.1 Å². The van der Waals surface area contributed by atoms with E-state index in [9.17, 15) is 28.8 Å². The summed E-state index contributed by atoms with van der Waals surface area (Å²) in [7, 11) is 4.83. The van der Waals surface area contributed by atoms with E-state index >= 15 is 0 Å². The predicted molar refractivity (Wildman–Crippen MR) is 237 cm³/mol. The molecule has 2 aromatic carbocycles. The number of nitrogens with zero attached hydrogens (tertiary/aromatic N) is 6. The third-order valence-corrected chi connectivity index (χ3v) is 10.5. The van der Waals surface area contributed by atoms with Crippen molar-refractivity contribution < 1.29 is 33.5 Å². The molecule has 1 fully saturated rings. The summed E-state index contributed by atoms with van der Waals surface area (Å²) in [6.07, 6.45) is 6.82. The number of ether oxygens (including phenoxy) is 1. The average Bonchev–Trinajstić information content (AvgIpc) is 3.92. The molecule has 17 nitrogen and oxygen atoms in total. The quantitative estimate of drug-likeness (QED) is 0.0681. The van der Waals surface area contributed by atoms with Gasteiger partial charge in [0.25, 0.3) is 5.91 Å². The number of nitrogens with one attached hydrogen (secondary N) is 3. The molecule has 4 aromatic rings. The van der Waals surface area contributed by atoms with Crippen molar-refractivity contribution in [2.24, 2.45) is 7.05 Å². The third kappa shape index (κ3) is 14.9. The fraction of sp³-hybridized carbons (Fsp3) is 0.419. The Bertz CT molecular complexity index is 2180. The van der Waals surface area contributed by atoms with Crippen LogP contribution in [0.2, 0.25) is 0 Å². The maximum atomic E-state index is 13.1. The molecular weight excluding hydrogens is 801 g/mol. The van der Waals surface area contributed by atoms with Gasteiger partial charge in [-0.25, -0.2) is 14.6 Å². The van der Waals surface area contributed by atoms with Crippen LogP contribution in [0.3, 0.4) is 0 Å². The van der Waals surface area contributed by atoms with Gasteiger partial charge in [0, 0.05) is 62.7 Å². The summed E-state index contributed by atoms with van der Waals surface area (Å²) in [5.41, 5.74) is 10.4. The van der Waals surface area contributed by atoms with Crippen LogP contribution in [-0.4, -0.2) is 124 Å². The molecule has 2 aromatic heterocycles. The van der Waals surface area contributed by atoms with Crippen molar-refractivity contribution in [3.8, 4) is 17.6 Å². The van der Waals surface area contributed by atoms with E-state index in [4.69, 9.17) is 10.5 Å². The second kappa shape index (κ2) is 25.9. The Labute approximate surface area is 360 Å². The first kappa shape index (κ1) is 48.9. The lowest BCUT2D eigenvalue weighted by atomic mass is 10.0. The van der Waals surface area contributed by atoms with Gasteiger partial charge in [0.1, 0.15) is 35.9 Å². The van der Waals surface area contributed by atoms with Crippen LogP contribution in [0.5, 0.6) is 5.75 Å². The number of rotatable bonds is 17. The van der Waals surface area contributed by atoms with Crippen LogP contribution in [0, 0.1) is 25.7 Å². The van der Waals surface area contributed by atoms with Crippen molar-refractivity contribution in [3.63, 3.8) is 0 Å². The monoisotopic (exact) mass is 856 g/mol. The summed E-state index contributed by atoms with van der Waals surface area (Å²) >= 11 is 1.78. The normalized spacial score (nSPS) is 11.9. The summed E-state index contributed by atoms with van der Waals surface area (Å²) in [5, 5.41) is 13.3. The number of anilines is 2. The molecule has 1 aliphatic rings. The maximum Gasteiger partial charge on any atom is 0.261 e. The van der Waals surface area contributed by atoms with Gasteiger partial charge in [0.05, 0.1) is 19.0 Å². The van der Waals surface area contributed by atoms with Crippen molar-refractivity contribution in [1.82, 2.24) is 40.2 Å². The summed E-state index contributed by atoms with van der Waals surface area (Å²) in [6.45, 7) is 8.36. The summed E-state index contributed by atoms with van der Waals surface area (Å²) < 4.78 is 6.90. The number of methoxy groups -OCH3 is 1. The van der Waals surface area contributed by atoms with Crippen LogP contribution < -0.4 is 26.4 Å². The molecule has 3 heterocycles. The number of hydrogen-bond donors (Lipinski definition) is 4. The number of fused-ring (bicyclic) bond motifs is 1. The minimum atomic E-state index is -1.09. The number of likely N-dealkylation sites (tertiary alicyclic amines) is 1. The van der Waals surface area contributed by atoms with E-state index in [1.165, 1.54) is 26.2 Å². The molecule has 5 N–H and O–H groups in total. The number of imide groups is 1. The highest BCUT2D eigenvalue weighted by Crippen LogP contribution is 2.23. The first-order valence-electron chi connectivity index (χ1n) is 19.8. The van der Waals surface area contributed by atoms with Crippen molar-refractivity contribution >= 4 is 71.1 Å². The van der Waals surface area contributed by atoms with Gasteiger partial charge in [-0.05, 0) is 92.7 Å². The number of carbonyl (C=O) groups is 6.